The number of amides is 2. The van der Waals surface area contributed by atoms with Crippen LogP contribution in [0.1, 0.15) is 39.5 Å². The normalized spacial score (nSPS) is 26.0. The standard InChI is InChI=1S/C19H26N2O3/c1-3-24-16-8-6-15(7-9-16)21-19(23)18(22)20-12(2)17-11-13-4-5-14(17)10-13/h6-9,12-14,17H,3-5,10-11H2,1-2H3,(H,20,22)(H,21,23). The second-order valence-electron chi connectivity index (χ2n) is 7.01. The Balaban J connectivity index is 1.50. The van der Waals surface area contributed by atoms with Crippen molar-refractivity contribution in [1.82, 2.24) is 5.32 Å². The van der Waals surface area contributed by atoms with E-state index < -0.39 is 11.8 Å². The third kappa shape index (κ3) is 3.71. The SMILES string of the molecule is CCOc1ccc(NC(=O)C(=O)NC(C)C2CC3CCC2C3)cc1. The van der Waals surface area contributed by atoms with Gasteiger partial charge in [-0.1, -0.05) is 6.42 Å². The molecule has 0 saturated heterocycles. The van der Waals surface area contributed by atoms with Crippen molar-refractivity contribution < 1.29 is 14.3 Å². The summed E-state index contributed by atoms with van der Waals surface area (Å²) >= 11 is 0. The Kier molecular flexibility index (Phi) is 5.07. The van der Waals surface area contributed by atoms with Crippen molar-refractivity contribution in [3.05, 3.63) is 24.3 Å². The van der Waals surface area contributed by atoms with Gasteiger partial charge in [0.25, 0.3) is 0 Å². The predicted octanol–water partition coefficient (Wildman–Crippen LogP) is 2.96. The number of ether oxygens (including phenoxy) is 1. The van der Waals surface area contributed by atoms with Crippen LogP contribution in [-0.4, -0.2) is 24.5 Å². The Labute approximate surface area is 143 Å². The van der Waals surface area contributed by atoms with E-state index >= 15 is 0 Å². The maximum absolute atomic E-state index is 12.1. The van der Waals surface area contributed by atoms with Crippen LogP contribution in [0.3, 0.4) is 0 Å². The molecule has 2 aliphatic rings. The molecule has 3 rings (SSSR count). The summed E-state index contributed by atoms with van der Waals surface area (Å²) in [5, 5.41) is 5.52. The van der Waals surface area contributed by atoms with Crippen LogP contribution in [0, 0.1) is 17.8 Å². The minimum absolute atomic E-state index is 0.0545. The van der Waals surface area contributed by atoms with Crippen LogP contribution in [0.4, 0.5) is 5.69 Å². The number of carbonyl (C=O) groups excluding carboxylic acids is 2. The minimum Gasteiger partial charge on any atom is -0.494 e. The quantitative estimate of drug-likeness (QED) is 0.816. The van der Waals surface area contributed by atoms with Gasteiger partial charge in [-0.05, 0) is 75.1 Å². The molecule has 1 aromatic carbocycles. The summed E-state index contributed by atoms with van der Waals surface area (Å²) in [4.78, 5) is 24.2. The van der Waals surface area contributed by atoms with E-state index in [9.17, 15) is 9.59 Å². The first-order valence-corrected chi connectivity index (χ1v) is 8.91. The van der Waals surface area contributed by atoms with Crippen LogP contribution in [0.25, 0.3) is 0 Å². The summed E-state index contributed by atoms with van der Waals surface area (Å²) in [5.74, 6) is 1.64. The molecule has 4 atom stereocenters. The van der Waals surface area contributed by atoms with Crippen molar-refractivity contribution in [2.45, 2.75) is 45.6 Å². The Bertz CT molecular complexity index is 599. The molecule has 130 valence electrons. The molecular weight excluding hydrogens is 304 g/mol. The average molecular weight is 330 g/mol. The highest BCUT2D eigenvalue weighted by atomic mass is 16.5. The van der Waals surface area contributed by atoms with E-state index in [1.165, 1.54) is 25.7 Å². The molecule has 4 unspecified atom stereocenters. The molecule has 0 aromatic heterocycles. The Morgan fingerprint density at radius 2 is 1.92 bits per heavy atom. The maximum atomic E-state index is 12.1. The lowest BCUT2D eigenvalue weighted by atomic mass is 9.84. The molecule has 2 saturated carbocycles. The Morgan fingerprint density at radius 3 is 2.50 bits per heavy atom. The lowest BCUT2D eigenvalue weighted by molar-refractivity contribution is -0.136. The molecule has 2 N–H and O–H groups in total. The highest BCUT2D eigenvalue weighted by Gasteiger charge is 2.42. The molecule has 24 heavy (non-hydrogen) atoms. The van der Waals surface area contributed by atoms with Crippen LogP contribution < -0.4 is 15.4 Å². The molecule has 1 aromatic rings. The van der Waals surface area contributed by atoms with E-state index in [2.05, 4.69) is 10.6 Å². The van der Waals surface area contributed by atoms with Crippen LogP contribution >= 0.6 is 0 Å². The number of hydrogen-bond acceptors (Lipinski definition) is 3. The Morgan fingerprint density at radius 1 is 1.17 bits per heavy atom. The summed E-state index contributed by atoms with van der Waals surface area (Å²) in [5.41, 5.74) is 0.589. The zero-order valence-corrected chi connectivity index (χ0v) is 14.4. The Hall–Kier alpha value is -2.04. The van der Waals surface area contributed by atoms with E-state index in [-0.39, 0.29) is 6.04 Å². The van der Waals surface area contributed by atoms with Gasteiger partial charge in [0.05, 0.1) is 6.61 Å². The van der Waals surface area contributed by atoms with Crippen molar-refractivity contribution in [3.63, 3.8) is 0 Å². The number of anilines is 1. The van der Waals surface area contributed by atoms with Crippen LogP contribution in [-0.2, 0) is 9.59 Å². The van der Waals surface area contributed by atoms with Gasteiger partial charge in [-0.3, -0.25) is 9.59 Å². The summed E-state index contributed by atoms with van der Waals surface area (Å²) in [6.07, 6.45) is 5.09. The highest BCUT2D eigenvalue weighted by Crippen LogP contribution is 2.49. The number of hydrogen-bond donors (Lipinski definition) is 2. The molecule has 0 aliphatic heterocycles. The third-order valence-corrected chi connectivity index (χ3v) is 5.42. The van der Waals surface area contributed by atoms with E-state index in [0.29, 0.717) is 18.2 Å². The van der Waals surface area contributed by atoms with E-state index in [1.54, 1.807) is 24.3 Å². The fourth-order valence-corrected chi connectivity index (χ4v) is 4.27. The molecule has 5 heteroatoms. The zero-order chi connectivity index (χ0) is 17.1. The number of benzene rings is 1. The molecule has 5 nitrogen and oxygen atoms in total. The fourth-order valence-electron chi connectivity index (χ4n) is 4.27. The smallest absolute Gasteiger partial charge is 0.313 e. The molecular formula is C19H26N2O3. The molecule has 0 radical (unpaired) electrons. The summed E-state index contributed by atoms with van der Waals surface area (Å²) < 4.78 is 5.36. The van der Waals surface area contributed by atoms with E-state index in [0.717, 1.165) is 17.6 Å². The highest BCUT2D eigenvalue weighted by molar-refractivity contribution is 6.39. The lowest BCUT2D eigenvalue weighted by Crippen LogP contribution is -2.45. The van der Waals surface area contributed by atoms with Crippen molar-refractivity contribution in [2.24, 2.45) is 17.8 Å². The van der Waals surface area contributed by atoms with E-state index in [1.807, 2.05) is 13.8 Å². The van der Waals surface area contributed by atoms with Crippen LogP contribution in [0.2, 0.25) is 0 Å². The maximum Gasteiger partial charge on any atom is 0.313 e. The molecule has 2 fully saturated rings. The first-order valence-electron chi connectivity index (χ1n) is 8.91. The number of carbonyl (C=O) groups is 2. The topological polar surface area (TPSA) is 67.4 Å². The van der Waals surface area contributed by atoms with Gasteiger partial charge in [0.2, 0.25) is 0 Å². The van der Waals surface area contributed by atoms with Gasteiger partial charge >= 0.3 is 11.8 Å². The zero-order valence-electron chi connectivity index (χ0n) is 14.4. The van der Waals surface area contributed by atoms with Gasteiger partial charge in [-0.15, -0.1) is 0 Å². The molecule has 2 amide bonds. The first kappa shape index (κ1) is 16.8. The van der Waals surface area contributed by atoms with Crippen molar-refractivity contribution in [1.29, 1.82) is 0 Å². The number of fused-ring (bicyclic) bond motifs is 2. The van der Waals surface area contributed by atoms with Crippen molar-refractivity contribution >= 4 is 17.5 Å². The molecule has 0 spiro atoms. The van der Waals surface area contributed by atoms with Gasteiger partial charge < -0.3 is 15.4 Å². The summed E-state index contributed by atoms with van der Waals surface area (Å²) in [6.45, 7) is 4.53. The monoisotopic (exact) mass is 330 g/mol. The second kappa shape index (κ2) is 7.24. The van der Waals surface area contributed by atoms with Gasteiger partial charge in [0, 0.05) is 11.7 Å². The fraction of sp³-hybridized carbons (Fsp3) is 0.579. The van der Waals surface area contributed by atoms with Gasteiger partial charge in [-0.25, -0.2) is 0 Å². The first-order chi connectivity index (χ1) is 11.6. The largest absolute Gasteiger partial charge is 0.494 e. The minimum atomic E-state index is -0.617. The summed E-state index contributed by atoms with van der Waals surface area (Å²) in [7, 11) is 0. The van der Waals surface area contributed by atoms with Gasteiger partial charge in [0.1, 0.15) is 5.75 Å². The molecule has 0 heterocycles. The predicted molar refractivity (Wildman–Crippen MR) is 92.8 cm³/mol. The average Bonchev–Trinajstić information content (AvgIpc) is 3.20. The van der Waals surface area contributed by atoms with Crippen molar-refractivity contribution in [3.8, 4) is 5.75 Å². The molecule has 2 bridgehead atoms. The lowest BCUT2D eigenvalue weighted by Gasteiger charge is -2.28. The third-order valence-electron chi connectivity index (χ3n) is 5.42. The second-order valence-corrected chi connectivity index (χ2v) is 7.01. The van der Waals surface area contributed by atoms with Gasteiger partial charge in [0.15, 0.2) is 0 Å². The summed E-state index contributed by atoms with van der Waals surface area (Å²) in [6, 6.07) is 7.06. The van der Waals surface area contributed by atoms with Gasteiger partial charge in [-0.2, -0.15) is 0 Å². The van der Waals surface area contributed by atoms with E-state index in [4.69, 9.17) is 4.74 Å². The molecule has 2 aliphatic carbocycles. The van der Waals surface area contributed by atoms with Crippen LogP contribution in [0.5, 0.6) is 5.75 Å². The van der Waals surface area contributed by atoms with Crippen LogP contribution in [0.15, 0.2) is 24.3 Å². The number of nitrogens with one attached hydrogen (secondary N) is 2. The van der Waals surface area contributed by atoms with Crippen molar-refractivity contribution in [2.75, 3.05) is 11.9 Å². The number of rotatable bonds is 5.